The molecule has 6 heteroatoms. The van der Waals surface area contributed by atoms with Gasteiger partial charge in [0.25, 0.3) is 0 Å². The first kappa shape index (κ1) is 16.1. The van der Waals surface area contributed by atoms with Crippen LogP contribution in [0.25, 0.3) is 0 Å². The Morgan fingerprint density at radius 2 is 1.79 bits per heavy atom. The van der Waals surface area contributed by atoms with Gasteiger partial charge in [0.2, 0.25) is 11.9 Å². The van der Waals surface area contributed by atoms with Crippen molar-refractivity contribution in [3.8, 4) is 0 Å². The lowest BCUT2D eigenvalue weighted by molar-refractivity contribution is -0.528. The molecule has 24 heavy (non-hydrogen) atoms. The summed E-state index contributed by atoms with van der Waals surface area (Å²) in [6.07, 6.45) is -0.0561. The van der Waals surface area contributed by atoms with Crippen molar-refractivity contribution in [3.63, 3.8) is 0 Å². The van der Waals surface area contributed by atoms with Crippen molar-refractivity contribution in [2.24, 2.45) is 0 Å². The number of nitrogens with zero attached hydrogens (tertiary/aromatic N) is 2. The summed E-state index contributed by atoms with van der Waals surface area (Å²) in [6.45, 7) is 0.313. The summed E-state index contributed by atoms with van der Waals surface area (Å²) in [5, 5.41) is 11.5. The van der Waals surface area contributed by atoms with Gasteiger partial charge in [-0.25, -0.2) is 4.39 Å². The van der Waals surface area contributed by atoms with Crippen LogP contribution >= 0.6 is 0 Å². The average molecular weight is 328 g/mol. The molecule has 124 valence electrons. The first-order valence-corrected chi connectivity index (χ1v) is 7.76. The summed E-state index contributed by atoms with van der Waals surface area (Å²) in [5.74, 6) is -1.43. The Bertz CT molecular complexity index is 751. The maximum atomic E-state index is 14.0. The van der Waals surface area contributed by atoms with E-state index in [1.165, 1.54) is 23.1 Å². The number of hydrogen-bond donors (Lipinski definition) is 0. The Labute approximate surface area is 138 Å². The highest BCUT2D eigenvalue weighted by Crippen LogP contribution is 2.32. The molecule has 0 aliphatic carbocycles. The van der Waals surface area contributed by atoms with Crippen LogP contribution in [0.15, 0.2) is 54.6 Å². The lowest BCUT2D eigenvalue weighted by Gasteiger charge is -2.34. The standard InChI is InChI=1S/C18H17FN2O3/c19-16-9-5-4-8-14(16)15-10-18(22)20(12-17(15)21(23)24)11-13-6-2-1-3-7-13/h1-9,15,17H,10-12H2/t15-,17?/m0/s1. The topological polar surface area (TPSA) is 63.4 Å². The van der Waals surface area contributed by atoms with Crippen molar-refractivity contribution in [3.05, 3.63) is 81.7 Å². The van der Waals surface area contributed by atoms with E-state index in [1.807, 2.05) is 30.3 Å². The zero-order valence-corrected chi connectivity index (χ0v) is 13.0. The molecule has 1 aliphatic heterocycles. The lowest BCUT2D eigenvalue weighted by atomic mass is 9.84. The van der Waals surface area contributed by atoms with E-state index in [0.29, 0.717) is 6.54 Å². The summed E-state index contributed by atoms with van der Waals surface area (Å²) in [4.78, 5) is 25.0. The zero-order chi connectivity index (χ0) is 17.1. The van der Waals surface area contributed by atoms with Crippen LogP contribution in [0.3, 0.4) is 0 Å². The normalized spacial score (nSPS) is 20.9. The van der Waals surface area contributed by atoms with Crippen LogP contribution < -0.4 is 0 Å². The Kier molecular flexibility index (Phi) is 4.55. The number of benzene rings is 2. The minimum atomic E-state index is -1.01. The van der Waals surface area contributed by atoms with Crippen molar-refractivity contribution in [2.75, 3.05) is 6.54 Å². The highest BCUT2D eigenvalue weighted by Gasteiger charge is 2.43. The fourth-order valence-electron chi connectivity index (χ4n) is 3.17. The molecule has 1 heterocycles. The van der Waals surface area contributed by atoms with E-state index >= 15 is 0 Å². The van der Waals surface area contributed by atoms with E-state index < -0.39 is 22.7 Å². The molecule has 2 atom stereocenters. The summed E-state index contributed by atoms with van der Waals surface area (Å²) >= 11 is 0. The predicted octanol–water partition coefficient (Wildman–Crippen LogP) is 2.99. The zero-order valence-electron chi connectivity index (χ0n) is 13.0. The van der Waals surface area contributed by atoms with E-state index in [1.54, 1.807) is 6.07 Å². The van der Waals surface area contributed by atoms with Gasteiger partial charge in [0.05, 0.1) is 12.5 Å². The number of carbonyl (C=O) groups excluding carboxylic acids is 1. The highest BCUT2D eigenvalue weighted by molar-refractivity contribution is 5.78. The van der Waals surface area contributed by atoms with Crippen molar-refractivity contribution in [1.29, 1.82) is 0 Å². The number of likely N-dealkylation sites (tertiary alicyclic amines) is 1. The fourth-order valence-corrected chi connectivity index (χ4v) is 3.17. The van der Waals surface area contributed by atoms with Crippen molar-refractivity contribution in [1.82, 2.24) is 4.90 Å². The van der Waals surface area contributed by atoms with E-state index in [2.05, 4.69) is 0 Å². The molecule has 2 aromatic rings. The minimum absolute atomic E-state index is 0.0142. The van der Waals surface area contributed by atoms with Gasteiger partial charge >= 0.3 is 0 Å². The second-order valence-electron chi connectivity index (χ2n) is 5.94. The Morgan fingerprint density at radius 3 is 2.46 bits per heavy atom. The van der Waals surface area contributed by atoms with Gasteiger partial charge in [0.15, 0.2) is 0 Å². The van der Waals surface area contributed by atoms with Crippen molar-refractivity contribution < 1.29 is 14.1 Å². The molecule has 1 saturated heterocycles. The second kappa shape index (κ2) is 6.78. The summed E-state index contributed by atoms with van der Waals surface area (Å²) in [6, 6.07) is 14.3. The third-order valence-electron chi connectivity index (χ3n) is 4.41. The molecule has 0 saturated carbocycles. The van der Waals surface area contributed by atoms with Crippen LogP contribution in [-0.4, -0.2) is 28.3 Å². The van der Waals surface area contributed by atoms with E-state index in [-0.39, 0.29) is 24.4 Å². The third-order valence-corrected chi connectivity index (χ3v) is 4.41. The number of amides is 1. The number of rotatable bonds is 4. The van der Waals surface area contributed by atoms with Crippen LogP contribution in [0.2, 0.25) is 0 Å². The molecule has 0 N–H and O–H groups in total. The largest absolute Gasteiger partial charge is 0.331 e. The molecule has 0 spiro atoms. The van der Waals surface area contributed by atoms with E-state index in [4.69, 9.17) is 0 Å². The van der Waals surface area contributed by atoms with Crippen LogP contribution in [0.5, 0.6) is 0 Å². The molecule has 3 rings (SSSR count). The first-order valence-electron chi connectivity index (χ1n) is 7.76. The molecule has 2 aromatic carbocycles. The first-order chi connectivity index (χ1) is 11.6. The number of carbonyl (C=O) groups is 1. The Hall–Kier alpha value is -2.76. The monoisotopic (exact) mass is 328 g/mol. The Morgan fingerprint density at radius 1 is 1.12 bits per heavy atom. The maximum Gasteiger partial charge on any atom is 0.237 e. The lowest BCUT2D eigenvalue weighted by Crippen LogP contribution is -2.49. The van der Waals surface area contributed by atoms with Gasteiger partial charge in [-0.05, 0) is 17.2 Å². The number of nitro groups is 1. The summed E-state index contributed by atoms with van der Waals surface area (Å²) in [7, 11) is 0. The SMILES string of the molecule is O=C1C[C@@H](c2ccccc2F)C([N+](=O)[O-])CN1Cc1ccccc1. The van der Waals surface area contributed by atoms with Gasteiger partial charge < -0.3 is 4.90 Å². The molecule has 1 aliphatic rings. The van der Waals surface area contributed by atoms with Crippen LogP contribution in [0.1, 0.15) is 23.5 Å². The number of halogens is 1. The smallest absolute Gasteiger partial charge is 0.237 e. The van der Waals surface area contributed by atoms with Gasteiger partial charge in [-0.2, -0.15) is 0 Å². The maximum absolute atomic E-state index is 14.0. The molecular weight excluding hydrogens is 311 g/mol. The van der Waals surface area contributed by atoms with Crippen LogP contribution in [-0.2, 0) is 11.3 Å². The van der Waals surface area contributed by atoms with Gasteiger partial charge in [-0.15, -0.1) is 0 Å². The van der Waals surface area contributed by atoms with Crippen LogP contribution in [0.4, 0.5) is 4.39 Å². The molecular formula is C18H17FN2O3. The molecule has 0 aromatic heterocycles. The predicted molar refractivity (Wildman–Crippen MR) is 86.4 cm³/mol. The van der Waals surface area contributed by atoms with Crippen LogP contribution in [0, 0.1) is 15.9 Å². The molecule has 1 unspecified atom stereocenters. The summed E-state index contributed by atoms with van der Waals surface area (Å²) in [5.41, 5.74) is 1.16. The molecule has 0 bridgehead atoms. The molecule has 5 nitrogen and oxygen atoms in total. The molecule has 0 radical (unpaired) electrons. The van der Waals surface area contributed by atoms with Crippen molar-refractivity contribution >= 4 is 5.91 Å². The van der Waals surface area contributed by atoms with Gasteiger partial charge in [-0.1, -0.05) is 48.5 Å². The number of hydrogen-bond acceptors (Lipinski definition) is 3. The van der Waals surface area contributed by atoms with Gasteiger partial charge in [-0.3, -0.25) is 14.9 Å². The summed E-state index contributed by atoms with van der Waals surface area (Å²) < 4.78 is 14.0. The highest BCUT2D eigenvalue weighted by atomic mass is 19.1. The van der Waals surface area contributed by atoms with Crippen molar-refractivity contribution in [2.45, 2.75) is 24.9 Å². The van der Waals surface area contributed by atoms with E-state index in [9.17, 15) is 19.3 Å². The third kappa shape index (κ3) is 3.27. The Balaban J connectivity index is 1.84. The fraction of sp³-hybridized carbons (Fsp3) is 0.278. The quantitative estimate of drug-likeness (QED) is 0.640. The molecule has 1 amide bonds. The number of piperidine rings is 1. The average Bonchev–Trinajstić information content (AvgIpc) is 2.57. The second-order valence-corrected chi connectivity index (χ2v) is 5.94. The minimum Gasteiger partial charge on any atom is -0.331 e. The van der Waals surface area contributed by atoms with Gasteiger partial charge in [0, 0.05) is 17.9 Å². The van der Waals surface area contributed by atoms with E-state index in [0.717, 1.165) is 5.56 Å². The van der Waals surface area contributed by atoms with Gasteiger partial charge in [0.1, 0.15) is 5.82 Å². The molecule has 1 fully saturated rings.